The Labute approximate surface area is 94.8 Å². The van der Waals surface area contributed by atoms with E-state index in [1.165, 1.54) is 0 Å². The number of aromatic nitrogens is 2. The monoisotopic (exact) mass is 216 g/mol. The molecular weight excluding hydrogens is 200 g/mol. The normalized spacial score (nSPS) is 11.2. The summed E-state index contributed by atoms with van der Waals surface area (Å²) in [5, 5.41) is 0. The largest absolute Gasteiger partial charge is 0.269 e. The third kappa shape index (κ3) is 2.13. The molecule has 0 spiro atoms. The second-order valence-corrected chi connectivity index (χ2v) is 4.62. The van der Waals surface area contributed by atoms with Gasteiger partial charge in [-0.2, -0.15) is 0 Å². The van der Waals surface area contributed by atoms with E-state index in [-0.39, 0.29) is 5.56 Å². The molecule has 84 valence electrons. The fourth-order valence-corrected chi connectivity index (χ4v) is 1.78. The first-order valence-electron chi connectivity index (χ1n) is 5.55. The van der Waals surface area contributed by atoms with Crippen LogP contribution in [0.3, 0.4) is 0 Å². The van der Waals surface area contributed by atoms with Gasteiger partial charge in [0.2, 0.25) is 0 Å². The summed E-state index contributed by atoms with van der Waals surface area (Å²) >= 11 is 0. The van der Waals surface area contributed by atoms with Crippen molar-refractivity contribution in [3.8, 4) is 0 Å². The molecule has 0 saturated heterocycles. The molecule has 0 aromatic carbocycles. The van der Waals surface area contributed by atoms with E-state index < -0.39 is 0 Å². The van der Waals surface area contributed by atoms with Gasteiger partial charge >= 0.3 is 0 Å². The minimum Gasteiger partial charge on any atom is -0.269 e. The van der Waals surface area contributed by atoms with Crippen molar-refractivity contribution >= 4 is 5.65 Å². The Hall–Kier alpha value is -1.64. The van der Waals surface area contributed by atoms with Crippen molar-refractivity contribution in [2.24, 2.45) is 5.92 Å². The van der Waals surface area contributed by atoms with Gasteiger partial charge in [-0.25, -0.2) is 4.98 Å². The van der Waals surface area contributed by atoms with E-state index in [0.717, 1.165) is 23.3 Å². The maximum atomic E-state index is 11.9. The smallest absolute Gasteiger partial charge is 0.258 e. The lowest BCUT2D eigenvalue weighted by atomic mass is 10.1. The van der Waals surface area contributed by atoms with Crippen LogP contribution < -0.4 is 5.56 Å². The molecule has 0 amide bonds. The number of nitrogens with zero attached hydrogens (tertiary/aromatic N) is 2. The van der Waals surface area contributed by atoms with E-state index in [1.54, 1.807) is 10.5 Å². The first kappa shape index (κ1) is 10.9. The van der Waals surface area contributed by atoms with E-state index in [4.69, 9.17) is 0 Å². The Balaban J connectivity index is 2.59. The van der Waals surface area contributed by atoms with E-state index in [9.17, 15) is 4.79 Å². The Kier molecular flexibility index (Phi) is 2.77. The minimum atomic E-state index is 0.00403. The first-order valence-corrected chi connectivity index (χ1v) is 5.55. The zero-order valence-corrected chi connectivity index (χ0v) is 9.90. The molecule has 3 nitrogen and oxygen atoms in total. The maximum absolute atomic E-state index is 11.9. The topological polar surface area (TPSA) is 34.4 Å². The SMILES string of the molecule is Cc1ccc2nc(CC(C)C)cc(=O)n2c1. The molecule has 0 radical (unpaired) electrons. The van der Waals surface area contributed by atoms with Crippen LogP contribution in [0.4, 0.5) is 0 Å². The van der Waals surface area contributed by atoms with Crippen LogP contribution in [0.15, 0.2) is 29.2 Å². The van der Waals surface area contributed by atoms with Crippen molar-refractivity contribution in [1.82, 2.24) is 9.38 Å². The quantitative estimate of drug-likeness (QED) is 0.771. The second kappa shape index (κ2) is 4.08. The molecule has 0 aliphatic carbocycles. The van der Waals surface area contributed by atoms with Crippen LogP contribution in [0.1, 0.15) is 25.1 Å². The van der Waals surface area contributed by atoms with Gasteiger partial charge in [0.05, 0.1) is 0 Å². The summed E-state index contributed by atoms with van der Waals surface area (Å²) in [7, 11) is 0. The summed E-state index contributed by atoms with van der Waals surface area (Å²) in [6, 6.07) is 5.49. The molecule has 16 heavy (non-hydrogen) atoms. The van der Waals surface area contributed by atoms with Gasteiger partial charge in [0.1, 0.15) is 5.65 Å². The van der Waals surface area contributed by atoms with E-state index in [2.05, 4.69) is 18.8 Å². The van der Waals surface area contributed by atoms with Gasteiger partial charge in [-0.05, 0) is 30.9 Å². The highest BCUT2D eigenvalue weighted by atomic mass is 16.1. The molecule has 0 atom stereocenters. The van der Waals surface area contributed by atoms with Crippen LogP contribution in [0, 0.1) is 12.8 Å². The van der Waals surface area contributed by atoms with Gasteiger partial charge in [0.25, 0.3) is 5.56 Å². The van der Waals surface area contributed by atoms with Crippen molar-refractivity contribution in [1.29, 1.82) is 0 Å². The molecule has 0 bridgehead atoms. The Morgan fingerprint density at radius 1 is 1.38 bits per heavy atom. The number of hydrogen-bond acceptors (Lipinski definition) is 2. The molecule has 0 saturated carbocycles. The average Bonchev–Trinajstić information content (AvgIpc) is 2.18. The third-order valence-electron chi connectivity index (χ3n) is 2.48. The van der Waals surface area contributed by atoms with Crippen LogP contribution in [-0.2, 0) is 6.42 Å². The van der Waals surface area contributed by atoms with Crippen molar-refractivity contribution in [2.45, 2.75) is 27.2 Å². The second-order valence-electron chi connectivity index (χ2n) is 4.62. The predicted octanol–water partition coefficient (Wildman–Crippen LogP) is 2.20. The maximum Gasteiger partial charge on any atom is 0.258 e. The van der Waals surface area contributed by atoms with Crippen molar-refractivity contribution < 1.29 is 0 Å². The standard InChI is InChI=1S/C13H16N2O/c1-9(2)6-11-7-13(16)15-8-10(3)4-5-12(15)14-11/h4-5,7-9H,6H2,1-3H3. The van der Waals surface area contributed by atoms with Crippen molar-refractivity contribution in [3.05, 3.63) is 46.0 Å². The first-order chi connectivity index (χ1) is 7.56. The number of aryl methyl sites for hydroxylation is 1. The van der Waals surface area contributed by atoms with E-state index in [0.29, 0.717) is 5.92 Å². The number of fused-ring (bicyclic) bond motifs is 1. The summed E-state index contributed by atoms with van der Waals surface area (Å²) < 4.78 is 1.60. The minimum absolute atomic E-state index is 0.00403. The molecule has 2 aromatic rings. The lowest BCUT2D eigenvalue weighted by Gasteiger charge is -2.06. The molecule has 3 heteroatoms. The van der Waals surface area contributed by atoms with Gasteiger partial charge in [-0.1, -0.05) is 19.9 Å². The lowest BCUT2D eigenvalue weighted by molar-refractivity contribution is 0.634. The molecule has 2 aromatic heterocycles. The molecule has 2 rings (SSSR count). The fourth-order valence-electron chi connectivity index (χ4n) is 1.78. The zero-order valence-electron chi connectivity index (χ0n) is 9.90. The average molecular weight is 216 g/mol. The molecule has 0 aliphatic rings. The molecule has 0 unspecified atom stereocenters. The highest BCUT2D eigenvalue weighted by Gasteiger charge is 2.04. The van der Waals surface area contributed by atoms with Gasteiger partial charge in [0, 0.05) is 18.0 Å². The van der Waals surface area contributed by atoms with Gasteiger partial charge in [-0.15, -0.1) is 0 Å². The molecule has 0 N–H and O–H groups in total. The summed E-state index contributed by atoms with van der Waals surface area (Å²) in [4.78, 5) is 16.3. The highest BCUT2D eigenvalue weighted by Crippen LogP contribution is 2.06. The van der Waals surface area contributed by atoms with Gasteiger partial charge in [0.15, 0.2) is 0 Å². The van der Waals surface area contributed by atoms with Crippen LogP contribution in [0.5, 0.6) is 0 Å². The predicted molar refractivity (Wildman–Crippen MR) is 64.7 cm³/mol. The third-order valence-corrected chi connectivity index (χ3v) is 2.48. The summed E-state index contributed by atoms with van der Waals surface area (Å²) in [6.45, 7) is 6.21. The van der Waals surface area contributed by atoms with E-state index in [1.807, 2.05) is 25.3 Å². The van der Waals surface area contributed by atoms with Crippen LogP contribution in [-0.4, -0.2) is 9.38 Å². The summed E-state index contributed by atoms with van der Waals surface area (Å²) in [5.74, 6) is 0.514. The zero-order chi connectivity index (χ0) is 11.7. The van der Waals surface area contributed by atoms with E-state index >= 15 is 0 Å². The number of pyridine rings is 1. The lowest BCUT2D eigenvalue weighted by Crippen LogP contribution is -2.16. The van der Waals surface area contributed by atoms with Crippen molar-refractivity contribution in [2.75, 3.05) is 0 Å². The number of hydrogen-bond donors (Lipinski definition) is 0. The highest BCUT2D eigenvalue weighted by molar-refractivity contribution is 5.39. The number of rotatable bonds is 2. The van der Waals surface area contributed by atoms with Crippen LogP contribution in [0.2, 0.25) is 0 Å². The van der Waals surface area contributed by atoms with Crippen molar-refractivity contribution in [3.63, 3.8) is 0 Å². The molecule has 0 aliphatic heterocycles. The molecule has 2 heterocycles. The fraction of sp³-hybridized carbons (Fsp3) is 0.385. The van der Waals surface area contributed by atoms with Gasteiger partial charge in [-0.3, -0.25) is 9.20 Å². The Morgan fingerprint density at radius 3 is 2.81 bits per heavy atom. The molecule has 0 fully saturated rings. The summed E-state index contributed by atoms with van der Waals surface area (Å²) in [6.07, 6.45) is 2.67. The van der Waals surface area contributed by atoms with Crippen LogP contribution >= 0.6 is 0 Å². The Bertz CT molecular complexity index is 570. The Morgan fingerprint density at radius 2 is 2.12 bits per heavy atom. The van der Waals surface area contributed by atoms with Gasteiger partial charge < -0.3 is 0 Å². The molecular formula is C13H16N2O. The summed E-state index contributed by atoms with van der Waals surface area (Å²) in [5.41, 5.74) is 2.68. The van der Waals surface area contributed by atoms with Crippen LogP contribution in [0.25, 0.3) is 5.65 Å².